The summed E-state index contributed by atoms with van der Waals surface area (Å²) in [6.45, 7) is 7.76. The van der Waals surface area contributed by atoms with E-state index >= 15 is 0 Å². The van der Waals surface area contributed by atoms with Gasteiger partial charge >= 0.3 is 0 Å². The van der Waals surface area contributed by atoms with E-state index in [1.54, 1.807) is 41.4 Å². The maximum absolute atomic E-state index is 12.9. The van der Waals surface area contributed by atoms with E-state index in [-0.39, 0.29) is 5.56 Å². The number of fused-ring (bicyclic) bond motifs is 3. The third-order valence-electron chi connectivity index (χ3n) is 7.69. The van der Waals surface area contributed by atoms with Crippen LogP contribution in [0.3, 0.4) is 0 Å². The van der Waals surface area contributed by atoms with E-state index in [4.69, 9.17) is 4.74 Å². The normalized spacial score (nSPS) is 14.7. The summed E-state index contributed by atoms with van der Waals surface area (Å²) in [5, 5.41) is 9.29. The molecule has 1 aliphatic heterocycles. The third-order valence-corrected chi connectivity index (χ3v) is 7.69. The van der Waals surface area contributed by atoms with Gasteiger partial charge in [0.2, 0.25) is 5.78 Å². The lowest BCUT2D eigenvalue weighted by Crippen LogP contribution is -2.39. The number of imidazole rings is 1. The number of ether oxygens (including phenoxy) is 1. The van der Waals surface area contributed by atoms with Gasteiger partial charge in [-0.1, -0.05) is 18.2 Å². The molecule has 0 unspecified atom stereocenters. The van der Waals surface area contributed by atoms with Crippen molar-refractivity contribution in [3.8, 4) is 23.2 Å². The number of likely N-dealkylation sites (tertiary alicyclic amines) is 1. The molecule has 6 rings (SSSR count). The van der Waals surface area contributed by atoms with Gasteiger partial charge < -0.3 is 9.64 Å². The van der Waals surface area contributed by atoms with Crippen LogP contribution in [0.15, 0.2) is 71.9 Å². The fourth-order valence-electron chi connectivity index (χ4n) is 5.34. The topological polar surface area (TPSA) is 101 Å². The van der Waals surface area contributed by atoms with E-state index in [2.05, 4.69) is 39.8 Å². The number of aromatic nitrogens is 5. The Morgan fingerprint density at radius 1 is 1.07 bits per heavy atom. The summed E-state index contributed by atoms with van der Waals surface area (Å²) in [5.74, 6) is 2.35. The van der Waals surface area contributed by atoms with Crippen LogP contribution in [-0.4, -0.2) is 54.6 Å². The first-order valence-corrected chi connectivity index (χ1v) is 13.7. The summed E-state index contributed by atoms with van der Waals surface area (Å²) >= 11 is 0. The molecular weight excluding hydrogens is 502 g/mol. The largest absolute Gasteiger partial charge is 0.490 e. The van der Waals surface area contributed by atoms with Crippen LogP contribution in [-0.2, 0) is 6.54 Å². The lowest BCUT2D eigenvalue weighted by molar-refractivity contribution is 0.119. The molecule has 3 aromatic heterocycles. The second-order valence-corrected chi connectivity index (χ2v) is 10.7. The molecule has 0 atom stereocenters. The van der Waals surface area contributed by atoms with E-state index in [9.17, 15) is 10.1 Å². The highest BCUT2D eigenvalue weighted by Gasteiger charge is 2.21. The zero-order chi connectivity index (χ0) is 27.6. The van der Waals surface area contributed by atoms with Gasteiger partial charge in [-0.25, -0.2) is 15.0 Å². The van der Waals surface area contributed by atoms with E-state index in [1.165, 1.54) is 6.07 Å². The second kappa shape index (κ2) is 10.9. The first-order valence-electron chi connectivity index (χ1n) is 13.7. The van der Waals surface area contributed by atoms with Crippen LogP contribution in [0.5, 0.6) is 5.75 Å². The number of benzene rings is 2. The number of hydrogen-bond acceptors (Lipinski definition) is 7. The Bertz CT molecular complexity index is 1760. The molecule has 0 aliphatic carbocycles. The van der Waals surface area contributed by atoms with Crippen molar-refractivity contribution in [2.75, 3.05) is 19.7 Å². The van der Waals surface area contributed by atoms with Crippen molar-refractivity contribution in [2.45, 2.75) is 39.3 Å². The summed E-state index contributed by atoms with van der Waals surface area (Å²) in [5.41, 5.74) is 3.69. The van der Waals surface area contributed by atoms with Gasteiger partial charge in [0, 0.05) is 23.9 Å². The molecule has 1 saturated heterocycles. The van der Waals surface area contributed by atoms with Gasteiger partial charge in [-0.3, -0.25) is 13.8 Å². The minimum atomic E-state index is -0.152. The van der Waals surface area contributed by atoms with Gasteiger partial charge in [0.05, 0.1) is 48.2 Å². The molecule has 0 N–H and O–H groups in total. The molecule has 40 heavy (non-hydrogen) atoms. The molecule has 2 aromatic carbocycles. The third kappa shape index (κ3) is 5.18. The highest BCUT2D eigenvalue weighted by Crippen LogP contribution is 2.23. The average molecular weight is 534 g/mol. The number of nitriles is 1. The SMILES string of the molecule is CC(C)N1CCC(COc2cnc(-c3cccc(Cn4c(=O)ccn5c6cc(C#N)ccc6nc45)c3)nc2)CC1. The van der Waals surface area contributed by atoms with Gasteiger partial charge in [0.1, 0.15) is 0 Å². The molecule has 1 fully saturated rings. The molecule has 0 spiro atoms. The van der Waals surface area contributed by atoms with Crippen LogP contribution < -0.4 is 10.3 Å². The van der Waals surface area contributed by atoms with Crippen LogP contribution in [0.1, 0.15) is 37.8 Å². The van der Waals surface area contributed by atoms with Crippen LogP contribution in [0.4, 0.5) is 0 Å². The molecule has 4 heterocycles. The monoisotopic (exact) mass is 533 g/mol. The van der Waals surface area contributed by atoms with Crippen LogP contribution in [0.2, 0.25) is 0 Å². The fraction of sp³-hybridized carbons (Fsp3) is 0.323. The Morgan fingerprint density at radius 2 is 1.88 bits per heavy atom. The van der Waals surface area contributed by atoms with E-state index in [1.807, 2.05) is 28.7 Å². The summed E-state index contributed by atoms with van der Waals surface area (Å²) in [4.78, 5) is 29.2. The Hall–Kier alpha value is -4.55. The Balaban J connectivity index is 1.17. The molecule has 202 valence electrons. The summed E-state index contributed by atoms with van der Waals surface area (Å²) in [6, 6.07) is 17.4. The summed E-state index contributed by atoms with van der Waals surface area (Å²) < 4.78 is 9.50. The highest BCUT2D eigenvalue weighted by atomic mass is 16.5. The van der Waals surface area contributed by atoms with Crippen molar-refractivity contribution in [1.29, 1.82) is 5.26 Å². The molecule has 0 radical (unpaired) electrons. The smallest absolute Gasteiger partial charge is 0.255 e. The van der Waals surface area contributed by atoms with Crippen molar-refractivity contribution >= 4 is 16.8 Å². The molecule has 1 aliphatic rings. The fourth-order valence-corrected chi connectivity index (χ4v) is 5.34. The van der Waals surface area contributed by atoms with Crippen LogP contribution >= 0.6 is 0 Å². The van der Waals surface area contributed by atoms with Crippen LogP contribution in [0, 0.1) is 17.2 Å². The van der Waals surface area contributed by atoms with E-state index in [0.29, 0.717) is 48.0 Å². The first-order chi connectivity index (χ1) is 19.5. The predicted octanol–water partition coefficient (Wildman–Crippen LogP) is 4.53. The van der Waals surface area contributed by atoms with Crippen molar-refractivity contribution in [2.24, 2.45) is 5.92 Å². The first kappa shape index (κ1) is 25.7. The lowest BCUT2D eigenvalue weighted by atomic mass is 9.97. The van der Waals surface area contributed by atoms with Gasteiger partial charge in [-0.2, -0.15) is 5.26 Å². The molecule has 5 aromatic rings. The van der Waals surface area contributed by atoms with Crippen molar-refractivity contribution < 1.29 is 4.74 Å². The Labute approximate surface area is 232 Å². The van der Waals surface area contributed by atoms with Crippen LogP contribution in [0.25, 0.3) is 28.2 Å². The van der Waals surface area contributed by atoms with Gasteiger partial charge in [0.15, 0.2) is 11.6 Å². The van der Waals surface area contributed by atoms with Crippen molar-refractivity contribution in [3.05, 3.63) is 88.6 Å². The molecule has 0 amide bonds. The number of nitrogens with zero attached hydrogens (tertiary/aromatic N) is 7. The van der Waals surface area contributed by atoms with Gasteiger partial charge in [-0.15, -0.1) is 0 Å². The summed E-state index contributed by atoms with van der Waals surface area (Å²) in [6.07, 6.45) is 7.46. The minimum absolute atomic E-state index is 0.152. The molecule has 0 saturated carbocycles. The zero-order valence-corrected chi connectivity index (χ0v) is 22.7. The lowest BCUT2D eigenvalue weighted by Gasteiger charge is -2.34. The molecular formula is C31H31N7O2. The Kier molecular flexibility index (Phi) is 7.01. The average Bonchev–Trinajstić information content (AvgIpc) is 3.36. The predicted molar refractivity (Wildman–Crippen MR) is 153 cm³/mol. The van der Waals surface area contributed by atoms with Crippen molar-refractivity contribution in [3.63, 3.8) is 0 Å². The van der Waals surface area contributed by atoms with Crippen molar-refractivity contribution in [1.82, 2.24) is 28.8 Å². The number of rotatable bonds is 7. The standard InChI is InChI=1S/C31H31N7O2/c1-21(2)36-11-8-22(9-12-36)20-40-26-17-33-30(34-18-26)25-5-3-4-24(14-25)19-38-29(39)10-13-37-28-15-23(16-32)6-7-27(28)35-31(37)38/h3-7,10,13-15,17-18,21-22H,8-9,11-12,19-20H2,1-2H3. The van der Waals surface area contributed by atoms with E-state index in [0.717, 1.165) is 48.1 Å². The maximum Gasteiger partial charge on any atom is 0.255 e. The zero-order valence-electron chi connectivity index (χ0n) is 22.7. The number of hydrogen-bond donors (Lipinski definition) is 0. The summed E-state index contributed by atoms with van der Waals surface area (Å²) in [7, 11) is 0. The van der Waals surface area contributed by atoms with Gasteiger partial charge in [0.25, 0.3) is 5.56 Å². The molecule has 9 heteroatoms. The molecule has 0 bridgehead atoms. The number of piperidine rings is 1. The quantitative estimate of drug-likeness (QED) is 0.303. The maximum atomic E-state index is 12.9. The molecule has 9 nitrogen and oxygen atoms in total. The Morgan fingerprint density at radius 3 is 2.62 bits per heavy atom. The van der Waals surface area contributed by atoms with E-state index < -0.39 is 0 Å². The highest BCUT2D eigenvalue weighted by molar-refractivity contribution is 5.81. The second-order valence-electron chi connectivity index (χ2n) is 10.7. The minimum Gasteiger partial charge on any atom is -0.490 e. The van der Waals surface area contributed by atoms with Gasteiger partial charge in [-0.05, 0) is 75.5 Å².